The molecule has 184 valence electrons. The molecule has 3 aromatic heterocycles. The van der Waals surface area contributed by atoms with Crippen LogP contribution < -0.4 is 9.80 Å². The highest BCUT2D eigenvalue weighted by Gasteiger charge is 2.42. The lowest BCUT2D eigenvalue weighted by molar-refractivity contribution is 0.120. The first-order chi connectivity index (χ1) is 16.6. The Balaban J connectivity index is 0.00000229. The van der Waals surface area contributed by atoms with Crippen molar-refractivity contribution in [2.75, 3.05) is 49.2 Å². The van der Waals surface area contributed by atoms with Crippen LogP contribution in [0.5, 0.6) is 0 Å². The first-order valence-electron chi connectivity index (χ1n) is 12.2. The van der Waals surface area contributed by atoms with E-state index < -0.39 is 0 Å². The summed E-state index contributed by atoms with van der Waals surface area (Å²) in [4.78, 5) is 13.7. The number of nitrogens with zero attached hydrogens (tertiary/aromatic N) is 5. The number of oxazole rings is 1. The molecule has 3 aliphatic rings. The molecule has 0 radical (unpaired) electrons. The fraction of sp³-hybridized carbons (Fsp3) is 0.462. The van der Waals surface area contributed by atoms with Crippen molar-refractivity contribution >= 4 is 46.2 Å². The lowest BCUT2D eigenvalue weighted by atomic mass is 9.96. The van der Waals surface area contributed by atoms with Crippen molar-refractivity contribution in [3.05, 3.63) is 48.0 Å². The number of morpholine rings is 1. The van der Waals surface area contributed by atoms with E-state index in [2.05, 4.69) is 39.2 Å². The zero-order valence-electron chi connectivity index (χ0n) is 19.7. The lowest BCUT2D eigenvalue weighted by Gasteiger charge is -2.24. The lowest BCUT2D eigenvalue weighted by Crippen LogP contribution is -2.36. The maximum atomic E-state index is 13.9. The van der Waals surface area contributed by atoms with Crippen LogP contribution in [0.4, 0.5) is 16.1 Å². The van der Waals surface area contributed by atoms with Crippen LogP contribution in [-0.4, -0.2) is 53.9 Å². The summed E-state index contributed by atoms with van der Waals surface area (Å²) in [6, 6.07) is 8.72. The number of rotatable bonds is 3. The minimum absolute atomic E-state index is 0. The van der Waals surface area contributed by atoms with Crippen molar-refractivity contribution in [1.29, 1.82) is 0 Å². The SMILES string of the molecule is Cl.Cn1cc(C2CC3CN(c4ccc5oc(N6CCOCC6)nc5c4)CC3C2)c2cc(F)cnc21. The third-order valence-electron chi connectivity index (χ3n) is 8.01. The second kappa shape index (κ2) is 8.68. The van der Waals surface area contributed by atoms with E-state index in [0.717, 1.165) is 61.2 Å². The van der Waals surface area contributed by atoms with Gasteiger partial charge in [0.1, 0.15) is 17.0 Å². The molecule has 5 heterocycles. The van der Waals surface area contributed by atoms with E-state index in [1.165, 1.54) is 17.4 Å². The van der Waals surface area contributed by atoms with Gasteiger partial charge in [0.2, 0.25) is 0 Å². The Kier molecular flexibility index (Phi) is 5.60. The van der Waals surface area contributed by atoms with Gasteiger partial charge < -0.3 is 23.5 Å². The summed E-state index contributed by atoms with van der Waals surface area (Å²) in [5, 5.41) is 0.969. The summed E-state index contributed by atoms with van der Waals surface area (Å²) < 4.78 is 27.4. The number of fused-ring (bicyclic) bond motifs is 3. The molecule has 0 spiro atoms. The van der Waals surface area contributed by atoms with Crippen LogP contribution in [0.2, 0.25) is 0 Å². The zero-order valence-corrected chi connectivity index (χ0v) is 20.5. The van der Waals surface area contributed by atoms with Crippen LogP contribution in [0.3, 0.4) is 0 Å². The highest BCUT2D eigenvalue weighted by molar-refractivity contribution is 5.85. The fourth-order valence-electron chi connectivity index (χ4n) is 6.35. The van der Waals surface area contributed by atoms with Gasteiger partial charge >= 0.3 is 0 Å². The van der Waals surface area contributed by atoms with E-state index in [-0.39, 0.29) is 18.2 Å². The van der Waals surface area contributed by atoms with Gasteiger partial charge in [0.25, 0.3) is 6.01 Å². The highest BCUT2D eigenvalue weighted by Crippen LogP contribution is 2.48. The maximum Gasteiger partial charge on any atom is 0.298 e. The largest absolute Gasteiger partial charge is 0.423 e. The van der Waals surface area contributed by atoms with Gasteiger partial charge in [-0.2, -0.15) is 4.98 Å². The Morgan fingerprint density at radius 3 is 2.57 bits per heavy atom. The quantitative estimate of drug-likeness (QED) is 0.407. The topological polar surface area (TPSA) is 59.6 Å². The molecule has 2 saturated heterocycles. The number of aryl methyl sites for hydroxylation is 1. The van der Waals surface area contributed by atoms with Crippen LogP contribution in [0.1, 0.15) is 24.3 Å². The van der Waals surface area contributed by atoms with Gasteiger partial charge in [-0.1, -0.05) is 0 Å². The minimum atomic E-state index is -0.260. The van der Waals surface area contributed by atoms with E-state index >= 15 is 0 Å². The van der Waals surface area contributed by atoms with Gasteiger partial charge in [0.05, 0.1) is 19.4 Å². The van der Waals surface area contributed by atoms with Crippen molar-refractivity contribution in [3.8, 4) is 0 Å². The smallest absolute Gasteiger partial charge is 0.298 e. The second-order valence-electron chi connectivity index (χ2n) is 10.1. The Morgan fingerprint density at radius 1 is 1.03 bits per heavy atom. The summed E-state index contributed by atoms with van der Waals surface area (Å²) in [6.07, 6.45) is 5.75. The zero-order chi connectivity index (χ0) is 22.8. The molecule has 1 saturated carbocycles. The molecule has 2 unspecified atom stereocenters. The van der Waals surface area contributed by atoms with E-state index in [1.54, 1.807) is 6.07 Å². The highest BCUT2D eigenvalue weighted by atomic mass is 35.5. The second-order valence-corrected chi connectivity index (χ2v) is 10.1. The first-order valence-corrected chi connectivity index (χ1v) is 12.2. The van der Waals surface area contributed by atoms with Gasteiger partial charge in [-0.05, 0) is 60.4 Å². The number of ether oxygens (including phenoxy) is 1. The number of halogens is 2. The summed E-state index contributed by atoms with van der Waals surface area (Å²) in [5.74, 6) is 1.51. The van der Waals surface area contributed by atoms with E-state index in [9.17, 15) is 4.39 Å². The molecule has 0 amide bonds. The molecular formula is C26H29ClFN5O2. The summed E-state index contributed by atoms with van der Waals surface area (Å²) in [6.45, 7) is 5.17. The van der Waals surface area contributed by atoms with Gasteiger partial charge in [-0.25, -0.2) is 9.37 Å². The summed E-state index contributed by atoms with van der Waals surface area (Å²) in [5.41, 5.74) is 5.09. The van der Waals surface area contributed by atoms with E-state index in [4.69, 9.17) is 14.1 Å². The third kappa shape index (κ3) is 3.83. The van der Waals surface area contributed by atoms with Gasteiger partial charge in [-0.15, -0.1) is 12.4 Å². The molecule has 3 fully saturated rings. The molecule has 35 heavy (non-hydrogen) atoms. The monoisotopic (exact) mass is 497 g/mol. The number of aromatic nitrogens is 3. The Hall–Kier alpha value is -2.84. The molecule has 2 atom stereocenters. The minimum Gasteiger partial charge on any atom is -0.423 e. The maximum absolute atomic E-state index is 13.9. The van der Waals surface area contributed by atoms with Gasteiger partial charge in [0.15, 0.2) is 5.58 Å². The Labute approximate surface area is 209 Å². The van der Waals surface area contributed by atoms with Crippen LogP contribution in [-0.2, 0) is 11.8 Å². The molecule has 0 bridgehead atoms. The van der Waals surface area contributed by atoms with Gasteiger partial charge in [-0.3, -0.25) is 0 Å². The molecule has 2 aliphatic heterocycles. The Bertz CT molecular complexity index is 1370. The summed E-state index contributed by atoms with van der Waals surface area (Å²) >= 11 is 0. The third-order valence-corrected chi connectivity index (χ3v) is 8.01. The van der Waals surface area contributed by atoms with Gasteiger partial charge in [0, 0.05) is 50.5 Å². The number of anilines is 2. The molecule has 7 rings (SSSR count). The average molecular weight is 498 g/mol. The molecule has 4 aromatic rings. The molecule has 7 nitrogen and oxygen atoms in total. The number of pyridine rings is 1. The molecule has 9 heteroatoms. The predicted octanol–water partition coefficient (Wildman–Crippen LogP) is 4.74. The average Bonchev–Trinajstić information content (AvgIpc) is 3.60. The normalized spacial score (nSPS) is 24.3. The molecule has 1 aliphatic carbocycles. The molecular weight excluding hydrogens is 469 g/mol. The van der Waals surface area contributed by atoms with Crippen LogP contribution in [0.15, 0.2) is 41.1 Å². The van der Waals surface area contributed by atoms with E-state index in [0.29, 0.717) is 37.0 Å². The number of benzene rings is 1. The van der Waals surface area contributed by atoms with Crippen LogP contribution in [0.25, 0.3) is 22.1 Å². The predicted molar refractivity (Wildman–Crippen MR) is 136 cm³/mol. The van der Waals surface area contributed by atoms with Crippen molar-refractivity contribution in [3.63, 3.8) is 0 Å². The number of hydrogen-bond acceptors (Lipinski definition) is 6. The fourth-order valence-corrected chi connectivity index (χ4v) is 6.35. The summed E-state index contributed by atoms with van der Waals surface area (Å²) in [7, 11) is 2.00. The standard InChI is InChI=1S/C26H28FN5O2.ClH/c1-30-15-22(21-10-19(27)12-28-25(21)30)16-8-17-13-32(14-18(17)9-16)20-2-3-24-23(11-20)29-26(34-24)31-4-6-33-7-5-31;/h2-3,10-12,15-18H,4-9,13-14H2,1H3;1H. The van der Waals surface area contributed by atoms with E-state index in [1.807, 2.05) is 11.6 Å². The number of hydrogen-bond donors (Lipinski definition) is 0. The van der Waals surface area contributed by atoms with Crippen molar-refractivity contribution in [2.24, 2.45) is 18.9 Å². The van der Waals surface area contributed by atoms with Crippen molar-refractivity contribution < 1.29 is 13.5 Å². The molecule has 1 aromatic carbocycles. The van der Waals surface area contributed by atoms with Crippen LogP contribution in [0, 0.1) is 17.7 Å². The first kappa shape index (κ1) is 22.6. The Morgan fingerprint density at radius 2 is 1.80 bits per heavy atom. The van der Waals surface area contributed by atoms with Crippen LogP contribution >= 0.6 is 12.4 Å². The van der Waals surface area contributed by atoms with Crippen molar-refractivity contribution in [2.45, 2.75) is 18.8 Å². The molecule has 0 N–H and O–H groups in total. The van der Waals surface area contributed by atoms with Crippen molar-refractivity contribution in [1.82, 2.24) is 14.5 Å².